The summed E-state index contributed by atoms with van der Waals surface area (Å²) < 4.78 is 5.53. The number of hydrogen-bond donors (Lipinski definition) is 3. The number of carboxylic acids is 1. The molecule has 0 radical (unpaired) electrons. The molecule has 31 heavy (non-hydrogen) atoms. The molecule has 0 aliphatic heterocycles. The molecule has 0 aromatic heterocycles. The van der Waals surface area contributed by atoms with Crippen molar-refractivity contribution in [3.05, 3.63) is 59.7 Å². The van der Waals surface area contributed by atoms with Gasteiger partial charge in [-0.15, -0.1) is 0 Å². The summed E-state index contributed by atoms with van der Waals surface area (Å²) in [6.45, 7) is 3.70. The number of fused-ring (bicyclic) bond motifs is 3. The Morgan fingerprint density at radius 1 is 0.968 bits per heavy atom. The summed E-state index contributed by atoms with van der Waals surface area (Å²) >= 11 is 0. The van der Waals surface area contributed by atoms with Crippen molar-refractivity contribution in [1.82, 2.24) is 10.6 Å². The largest absolute Gasteiger partial charge is 0.481 e. The molecule has 1 aliphatic rings. The Kier molecular flexibility index (Phi) is 7.28. The smallest absolute Gasteiger partial charge is 0.407 e. The van der Waals surface area contributed by atoms with Gasteiger partial charge in [-0.2, -0.15) is 0 Å². The van der Waals surface area contributed by atoms with Crippen molar-refractivity contribution in [3.8, 4) is 11.1 Å². The third kappa shape index (κ3) is 5.63. The molecular weight excluding hydrogens is 396 g/mol. The molecule has 0 fully saturated rings. The first-order valence-electron chi connectivity index (χ1n) is 10.5. The van der Waals surface area contributed by atoms with E-state index in [1.807, 2.05) is 31.2 Å². The van der Waals surface area contributed by atoms with Crippen LogP contribution in [0.5, 0.6) is 0 Å². The Balaban J connectivity index is 1.55. The molecule has 2 atom stereocenters. The Labute approximate surface area is 181 Å². The maximum Gasteiger partial charge on any atom is 0.407 e. The molecule has 0 heterocycles. The highest BCUT2D eigenvalue weighted by molar-refractivity contribution is 5.80. The van der Waals surface area contributed by atoms with Crippen molar-refractivity contribution >= 4 is 18.0 Å². The molecule has 2 amide bonds. The van der Waals surface area contributed by atoms with Gasteiger partial charge in [-0.25, -0.2) is 4.79 Å². The van der Waals surface area contributed by atoms with Crippen LogP contribution in [0.4, 0.5) is 4.79 Å². The van der Waals surface area contributed by atoms with Crippen molar-refractivity contribution in [2.75, 3.05) is 6.61 Å². The number of carboxylic acid groups (broad SMARTS) is 1. The fourth-order valence-electron chi connectivity index (χ4n) is 3.97. The average molecular weight is 424 g/mol. The van der Waals surface area contributed by atoms with E-state index in [4.69, 9.17) is 9.84 Å². The standard InChI is InChI=1S/C24H28N2O5/c1-3-16(13-22(27)25-15(2)12-23(28)29)26-24(30)31-14-21-19-10-6-4-8-17(19)18-9-5-7-11-20(18)21/h4-11,15-16,21H,3,12-14H2,1-2H3,(H,25,27)(H,26,30)(H,28,29)/t15?,16-/m0/s1. The third-order valence-corrected chi connectivity index (χ3v) is 5.48. The average Bonchev–Trinajstić information content (AvgIpc) is 3.05. The zero-order valence-corrected chi connectivity index (χ0v) is 17.8. The second-order valence-electron chi connectivity index (χ2n) is 7.85. The number of aliphatic carboxylic acids is 1. The highest BCUT2D eigenvalue weighted by Crippen LogP contribution is 2.44. The molecular formula is C24H28N2O5. The van der Waals surface area contributed by atoms with Crippen LogP contribution in [0.15, 0.2) is 48.5 Å². The molecule has 0 saturated heterocycles. The van der Waals surface area contributed by atoms with Crippen LogP contribution in [-0.2, 0) is 14.3 Å². The lowest BCUT2D eigenvalue weighted by molar-refractivity contribution is -0.137. The number of benzene rings is 2. The van der Waals surface area contributed by atoms with E-state index >= 15 is 0 Å². The van der Waals surface area contributed by atoms with Gasteiger partial charge in [0.25, 0.3) is 0 Å². The number of nitrogens with one attached hydrogen (secondary N) is 2. The van der Waals surface area contributed by atoms with Crippen LogP contribution < -0.4 is 10.6 Å². The lowest BCUT2D eigenvalue weighted by Crippen LogP contribution is -2.41. The summed E-state index contributed by atoms with van der Waals surface area (Å²) in [4.78, 5) is 35.3. The van der Waals surface area contributed by atoms with Crippen LogP contribution in [0.1, 0.15) is 50.2 Å². The number of alkyl carbamates (subject to hydrolysis) is 1. The van der Waals surface area contributed by atoms with Gasteiger partial charge in [0, 0.05) is 24.4 Å². The summed E-state index contributed by atoms with van der Waals surface area (Å²) in [6.07, 6.45) is -0.113. The fourth-order valence-corrected chi connectivity index (χ4v) is 3.97. The van der Waals surface area contributed by atoms with E-state index in [9.17, 15) is 14.4 Å². The van der Waals surface area contributed by atoms with E-state index in [2.05, 4.69) is 34.9 Å². The first-order chi connectivity index (χ1) is 14.9. The van der Waals surface area contributed by atoms with Crippen LogP contribution in [0.25, 0.3) is 11.1 Å². The minimum Gasteiger partial charge on any atom is -0.481 e. The van der Waals surface area contributed by atoms with Crippen LogP contribution in [-0.4, -0.2) is 41.8 Å². The number of hydrogen-bond acceptors (Lipinski definition) is 4. The number of rotatable bonds is 9. The molecule has 3 N–H and O–H groups in total. The highest BCUT2D eigenvalue weighted by atomic mass is 16.5. The van der Waals surface area contributed by atoms with E-state index in [-0.39, 0.29) is 31.3 Å². The molecule has 0 bridgehead atoms. The molecule has 1 unspecified atom stereocenters. The second kappa shape index (κ2) is 10.1. The van der Waals surface area contributed by atoms with Gasteiger partial charge in [-0.3, -0.25) is 9.59 Å². The molecule has 0 spiro atoms. The quantitative estimate of drug-likeness (QED) is 0.570. The van der Waals surface area contributed by atoms with Crippen molar-refractivity contribution in [1.29, 1.82) is 0 Å². The summed E-state index contributed by atoms with van der Waals surface area (Å²) in [5.74, 6) is -1.31. The number of carbonyl (C=O) groups is 3. The molecule has 3 rings (SSSR count). The van der Waals surface area contributed by atoms with Crippen LogP contribution in [0.3, 0.4) is 0 Å². The van der Waals surface area contributed by atoms with E-state index < -0.39 is 24.1 Å². The molecule has 7 nitrogen and oxygen atoms in total. The lowest BCUT2D eigenvalue weighted by Gasteiger charge is -2.19. The van der Waals surface area contributed by atoms with Gasteiger partial charge in [0.15, 0.2) is 0 Å². The van der Waals surface area contributed by atoms with Crippen molar-refractivity contribution in [2.24, 2.45) is 0 Å². The van der Waals surface area contributed by atoms with E-state index in [0.29, 0.717) is 6.42 Å². The fraction of sp³-hybridized carbons (Fsp3) is 0.375. The zero-order valence-electron chi connectivity index (χ0n) is 17.8. The Morgan fingerprint density at radius 3 is 2.10 bits per heavy atom. The molecule has 0 saturated carbocycles. The van der Waals surface area contributed by atoms with E-state index in [1.165, 1.54) is 0 Å². The third-order valence-electron chi connectivity index (χ3n) is 5.48. The summed E-state index contributed by atoms with van der Waals surface area (Å²) in [5.41, 5.74) is 4.59. The SMILES string of the molecule is CC[C@@H](CC(=O)NC(C)CC(=O)O)NC(=O)OCC1c2ccccc2-c2ccccc21. The maximum absolute atomic E-state index is 12.4. The molecule has 2 aromatic rings. The first kappa shape index (κ1) is 22.3. The van der Waals surface area contributed by atoms with Gasteiger partial charge in [0.05, 0.1) is 6.42 Å². The van der Waals surface area contributed by atoms with E-state index in [0.717, 1.165) is 22.3 Å². The minimum atomic E-state index is -0.975. The van der Waals surface area contributed by atoms with Crippen LogP contribution in [0.2, 0.25) is 0 Å². The predicted octanol–water partition coefficient (Wildman–Crippen LogP) is 3.67. The second-order valence-corrected chi connectivity index (χ2v) is 7.85. The number of ether oxygens (including phenoxy) is 1. The Bertz CT molecular complexity index is 913. The summed E-state index contributed by atoms with van der Waals surface area (Å²) in [7, 11) is 0. The summed E-state index contributed by atoms with van der Waals surface area (Å²) in [5, 5.41) is 14.2. The van der Waals surface area contributed by atoms with Crippen molar-refractivity contribution < 1.29 is 24.2 Å². The van der Waals surface area contributed by atoms with Crippen molar-refractivity contribution in [2.45, 2.75) is 51.1 Å². The Hall–Kier alpha value is -3.35. The lowest BCUT2D eigenvalue weighted by atomic mass is 9.98. The maximum atomic E-state index is 12.4. The first-order valence-corrected chi connectivity index (χ1v) is 10.5. The highest BCUT2D eigenvalue weighted by Gasteiger charge is 2.29. The molecule has 1 aliphatic carbocycles. The van der Waals surface area contributed by atoms with Crippen molar-refractivity contribution in [3.63, 3.8) is 0 Å². The van der Waals surface area contributed by atoms with Gasteiger partial charge in [0.2, 0.25) is 5.91 Å². The predicted molar refractivity (Wildman–Crippen MR) is 117 cm³/mol. The zero-order chi connectivity index (χ0) is 22.4. The van der Waals surface area contributed by atoms with Gasteiger partial charge in [-0.05, 0) is 35.6 Å². The number of amides is 2. The van der Waals surface area contributed by atoms with Crippen LogP contribution >= 0.6 is 0 Å². The normalized spacial score (nSPS) is 14.1. The molecule has 164 valence electrons. The monoisotopic (exact) mass is 424 g/mol. The number of carbonyl (C=O) groups excluding carboxylic acids is 2. The Morgan fingerprint density at radius 2 is 1.55 bits per heavy atom. The topological polar surface area (TPSA) is 105 Å². The van der Waals surface area contributed by atoms with Crippen LogP contribution in [0, 0.1) is 0 Å². The van der Waals surface area contributed by atoms with Gasteiger partial charge in [-0.1, -0.05) is 55.5 Å². The summed E-state index contributed by atoms with van der Waals surface area (Å²) in [6, 6.07) is 15.3. The van der Waals surface area contributed by atoms with Gasteiger partial charge < -0.3 is 20.5 Å². The minimum absolute atomic E-state index is 0.0293. The molecule has 2 aromatic carbocycles. The van der Waals surface area contributed by atoms with E-state index in [1.54, 1.807) is 6.92 Å². The molecule has 7 heteroatoms. The van der Waals surface area contributed by atoms with Gasteiger partial charge >= 0.3 is 12.1 Å². The van der Waals surface area contributed by atoms with Gasteiger partial charge in [0.1, 0.15) is 6.61 Å².